The summed E-state index contributed by atoms with van der Waals surface area (Å²) in [6, 6.07) is 0. The maximum Gasteiger partial charge on any atom is 0.240 e. The van der Waals surface area contributed by atoms with Gasteiger partial charge in [-0.3, -0.25) is 4.79 Å². The van der Waals surface area contributed by atoms with Gasteiger partial charge in [0.1, 0.15) is 0 Å². The molecule has 1 amide bonds. The van der Waals surface area contributed by atoms with Crippen molar-refractivity contribution < 1.29 is 9.53 Å². The Kier molecular flexibility index (Phi) is 5.01. The summed E-state index contributed by atoms with van der Waals surface area (Å²) in [4.78, 5) is 11.9. The van der Waals surface area contributed by atoms with Crippen molar-refractivity contribution in [2.45, 2.75) is 69.4 Å². The second-order valence-corrected chi connectivity index (χ2v) is 5.75. The minimum absolute atomic E-state index is 0.0286. The molecule has 2 fully saturated rings. The highest BCUT2D eigenvalue weighted by molar-refractivity contribution is 5.86. The second kappa shape index (κ2) is 6.53. The van der Waals surface area contributed by atoms with Gasteiger partial charge in [-0.1, -0.05) is 25.7 Å². The van der Waals surface area contributed by atoms with Crippen molar-refractivity contribution in [3.63, 3.8) is 0 Å². The van der Waals surface area contributed by atoms with E-state index in [-0.39, 0.29) is 5.91 Å². The Labute approximate surface area is 110 Å². The molecule has 2 rings (SSSR count). The Morgan fingerprint density at radius 1 is 1.22 bits per heavy atom. The number of carbonyl (C=O) groups excluding carboxylic acids is 1. The van der Waals surface area contributed by atoms with E-state index in [9.17, 15) is 4.79 Å². The quantitative estimate of drug-likeness (QED) is 0.709. The number of hydrogen-bond donors (Lipinski definition) is 2. The fraction of sp³-hybridized carbons (Fsp3) is 0.929. The first-order valence-corrected chi connectivity index (χ1v) is 7.39. The molecule has 0 spiro atoms. The van der Waals surface area contributed by atoms with E-state index in [1.54, 1.807) is 0 Å². The number of carbonyl (C=O) groups is 1. The van der Waals surface area contributed by atoms with Crippen molar-refractivity contribution in [2.24, 2.45) is 5.73 Å². The van der Waals surface area contributed by atoms with E-state index in [1.807, 2.05) is 0 Å². The van der Waals surface area contributed by atoms with Gasteiger partial charge in [-0.25, -0.2) is 0 Å². The molecule has 0 atom stereocenters. The monoisotopic (exact) mass is 254 g/mol. The maximum atomic E-state index is 11.9. The van der Waals surface area contributed by atoms with E-state index in [2.05, 4.69) is 5.32 Å². The highest BCUT2D eigenvalue weighted by Gasteiger charge is 2.36. The molecule has 3 N–H and O–H groups in total. The maximum absolute atomic E-state index is 11.9. The molecular formula is C14H26N2O2. The van der Waals surface area contributed by atoms with Crippen LogP contribution in [0.5, 0.6) is 0 Å². The summed E-state index contributed by atoms with van der Waals surface area (Å²) in [6.07, 6.45) is 10.2. The zero-order chi connectivity index (χ0) is 12.8. The minimum atomic E-state index is -0.591. The first-order valence-electron chi connectivity index (χ1n) is 7.39. The van der Waals surface area contributed by atoms with Crippen molar-refractivity contribution >= 4 is 5.91 Å². The zero-order valence-electron chi connectivity index (χ0n) is 11.2. The normalized spacial score (nSPS) is 23.4. The molecule has 0 bridgehead atoms. The van der Waals surface area contributed by atoms with Crippen LogP contribution in [-0.4, -0.2) is 30.7 Å². The van der Waals surface area contributed by atoms with Crippen LogP contribution in [0.2, 0.25) is 0 Å². The number of hydrogen-bond acceptors (Lipinski definition) is 3. The van der Waals surface area contributed by atoms with Crippen molar-refractivity contribution in [2.75, 3.05) is 13.2 Å². The van der Waals surface area contributed by atoms with Gasteiger partial charge in [-0.2, -0.15) is 0 Å². The lowest BCUT2D eigenvalue weighted by atomic mass is 9.98. The van der Waals surface area contributed by atoms with Crippen LogP contribution in [-0.2, 0) is 9.53 Å². The van der Waals surface area contributed by atoms with Crippen LogP contribution in [0.25, 0.3) is 0 Å². The van der Waals surface area contributed by atoms with Gasteiger partial charge < -0.3 is 15.8 Å². The molecule has 0 radical (unpaired) electrons. The summed E-state index contributed by atoms with van der Waals surface area (Å²) in [5.41, 5.74) is 5.48. The van der Waals surface area contributed by atoms with E-state index in [0.29, 0.717) is 12.6 Å². The minimum Gasteiger partial charge on any atom is -0.378 e. The van der Waals surface area contributed by atoms with E-state index in [0.717, 1.165) is 38.7 Å². The van der Waals surface area contributed by atoms with Crippen LogP contribution in [0.15, 0.2) is 0 Å². The average molecular weight is 254 g/mol. The van der Waals surface area contributed by atoms with Gasteiger partial charge in [0, 0.05) is 13.2 Å². The Morgan fingerprint density at radius 3 is 2.56 bits per heavy atom. The fourth-order valence-electron chi connectivity index (χ4n) is 2.99. The predicted octanol–water partition coefficient (Wildman–Crippen LogP) is 1.72. The van der Waals surface area contributed by atoms with Crippen molar-refractivity contribution in [3.05, 3.63) is 0 Å². The number of nitrogens with one attached hydrogen (secondary N) is 1. The predicted molar refractivity (Wildman–Crippen MR) is 71.2 cm³/mol. The number of amides is 1. The van der Waals surface area contributed by atoms with Gasteiger partial charge in [0.25, 0.3) is 0 Å². The summed E-state index contributed by atoms with van der Waals surface area (Å²) < 4.78 is 5.75. The number of ether oxygens (including phenoxy) is 1. The van der Waals surface area contributed by atoms with Crippen molar-refractivity contribution in [1.29, 1.82) is 0 Å². The van der Waals surface area contributed by atoms with Gasteiger partial charge in [0.15, 0.2) is 0 Å². The van der Waals surface area contributed by atoms with Crippen LogP contribution < -0.4 is 11.1 Å². The Hall–Kier alpha value is -0.610. The lowest BCUT2D eigenvalue weighted by molar-refractivity contribution is -0.126. The van der Waals surface area contributed by atoms with Crippen LogP contribution in [0.4, 0.5) is 0 Å². The molecule has 2 aliphatic rings. The Morgan fingerprint density at radius 2 is 1.89 bits per heavy atom. The van der Waals surface area contributed by atoms with E-state index in [1.165, 1.54) is 25.7 Å². The molecule has 4 heteroatoms. The molecule has 0 aromatic rings. The third-order valence-electron chi connectivity index (χ3n) is 4.21. The van der Waals surface area contributed by atoms with E-state index >= 15 is 0 Å². The first-order chi connectivity index (χ1) is 8.71. The summed E-state index contributed by atoms with van der Waals surface area (Å²) in [5, 5.41) is 2.95. The van der Waals surface area contributed by atoms with E-state index < -0.39 is 5.54 Å². The SMILES string of the molecule is NC1(C(=O)NCCCOC2CCCC2)CCCC1. The lowest BCUT2D eigenvalue weighted by Gasteiger charge is -2.22. The average Bonchev–Trinajstić information content (AvgIpc) is 3.00. The molecule has 0 unspecified atom stereocenters. The zero-order valence-corrected chi connectivity index (χ0v) is 11.2. The van der Waals surface area contributed by atoms with Gasteiger partial charge in [0.05, 0.1) is 11.6 Å². The summed E-state index contributed by atoms with van der Waals surface area (Å²) in [6.45, 7) is 1.44. The summed E-state index contributed by atoms with van der Waals surface area (Å²) >= 11 is 0. The van der Waals surface area contributed by atoms with Gasteiger partial charge in [-0.05, 0) is 32.1 Å². The topological polar surface area (TPSA) is 64.4 Å². The smallest absolute Gasteiger partial charge is 0.240 e. The highest BCUT2D eigenvalue weighted by atomic mass is 16.5. The number of nitrogens with two attached hydrogens (primary N) is 1. The van der Waals surface area contributed by atoms with Crippen LogP contribution in [0, 0.1) is 0 Å². The molecule has 0 aromatic carbocycles. The molecule has 0 aromatic heterocycles. The molecule has 2 saturated carbocycles. The third-order valence-corrected chi connectivity index (χ3v) is 4.21. The van der Waals surface area contributed by atoms with Crippen molar-refractivity contribution in [1.82, 2.24) is 5.32 Å². The molecule has 0 saturated heterocycles. The second-order valence-electron chi connectivity index (χ2n) is 5.75. The lowest BCUT2D eigenvalue weighted by Crippen LogP contribution is -2.52. The molecule has 0 heterocycles. The molecular weight excluding hydrogens is 228 g/mol. The van der Waals surface area contributed by atoms with Gasteiger partial charge in [0.2, 0.25) is 5.91 Å². The first kappa shape index (κ1) is 13.8. The van der Waals surface area contributed by atoms with Crippen LogP contribution in [0.3, 0.4) is 0 Å². The number of rotatable bonds is 6. The highest BCUT2D eigenvalue weighted by Crippen LogP contribution is 2.27. The Balaban J connectivity index is 1.53. The molecule has 104 valence electrons. The van der Waals surface area contributed by atoms with Crippen LogP contribution >= 0.6 is 0 Å². The van der Waals surface area contributed by atoms with Gasteiger partial charge >= 0.3 is 0 Å². The van der Waals surface area contributed by atoms with Gasteiger partial charge in [-0.15, -0.1) is 0 Å². The fourth-order valence-corrected chi connectivity index (χ4v) is 2.99. The molecule has 18 heavy (non-hydrogen) atoms. The van der Waals surface area contributed by atoms with E-state index in [4.69, 9.17) is 10.5 Å². The standard InChI is InChI=1S/C14H26N2O2/c15-14(8-3-4-9-14)13(17)16-10-5-11-18-12-6-1-2-7-12/h12H,1-11,15H2,(H,16,17). The Bertz CT molecular complexity index is 269. The molecule has 4 nitrogen and oxygen atoms in total. The molecule has 2 aliphatic carbocycles. The summed E-state index contributed by atoms with van der Waals surface area (Å²) in [5.74, 6) is 0.0286. The summed E-state index contributed by atoms with van der Waals surface area (Å²) in [7, 11) is 0. The van der Waals surface area contributed by atoms with Crippen LogP contribution in [0.1, 0.15) is 57.8 Å². The third kappa shape index (κ3) is 3.69. The van der Waals surface area contributed by atoms with Crippen molar-refractivity contribution in [3.8, 4) is 0 Å². The molecule has 0 aliphatic heterocycles. The largest absolute Gasteiger partial charge is 0.378 e.